The second-order valence-electron chi connectivity index (χ2n) is 2.68. The molecule has 0 aliphatic rings. The molecule has 0 aliphatic heterocycles. The molecule has 0 heterocycles. The summed E-state index contributed by atoms with van der Waals surface area (Å²) < 4.78 is 0. The van der Waals surface area contributed by atoms with Gasteiger partial charge in [0, 0.05) is 5.02 Å². The van der Waals surface area contributed by atoms with Gasteiger partial charge in [0.25, 0.3) is 0 Å². The monoisotopic (exact) mass is 169 g/mol. The first-order chi connectivity index (χ1) is 5.22. The molecule has 0 saturated heterocycles. The standard InChI is InChI=1S/C9H12ClN/c1-7-4-8(2-3-11)6-9(10)5-7/h4-6H,2-3,11H2,1H3. The quantitative estimate of drug-likeness (QED) is 0.722. The molecule has 0 aliphatic carbocycles. The van der Waals surface area contributed by atoms with Gasteiger partial charge in [-0.2, -0.15) is 0 Å². The zero-order valence-electron chi connectivity index (χ0n) is 6.60. The van der Waals surface area contributed by atoms with E-state index in [1.807, 2.05) is 19.1 Å². The zero-order valence-corrected chi connectivity index (χ0v) is 7.36. The molecule has 2 heteroatoms. The van der Waals surface area contributed by atoms with Crippen molar-refractivity contribution in [3.8, 4) is 0 Å². The van der Waals surface area contributed by atoms with Gasteiger partial charge in [0.1, 0.15) is 0 Å². The van der Waals surface area contributed by atoms with Crippen LogP contribution in [0.5, 0.6) is 0 Å². The largest absolute Gasteiger partial charge is 0.330 e. The molecule has 0 radical (unpaired) electrons. The maximum atomic E-state index is 5.85. The molecule has 1 aromatic carbocycles. The van der Waals surface area contributed by atoms with E-state index in [0.717, 1.165) is 11.4 Å². The van der Waals surface area contributed by atoms with Gasteiger partial charge in [-0.3, -0.25) is 0 Å². The highest BCUT2D eigenvalue weighted by atomic mass is 35.5. The van der Waals surface area contributed by atoms with E-state index in [-0.39, 0.29) is 0 Å². The van der Waals surface area contributed by atoms with Gasteiger partial charge < -0.3 is 5.73 Å². The van der Waals surface area contributed by atoms with Crippen LogP contribution in [0.4, 0.5) is 0 Å². The van der Waals surface area contributed by atoms with Gasteiger partial charge >= 0.3 is 0 Å². The topological polar surface area (TPSA) is 26.0 Å². The van der Waals surface area contributed by atoms with Crippen LogP contribution < -0.4 is 5.73 Å². The van der Waals surface area contributed by atoms with Crippen LogP contribution in [0.15, 0.2) is 18.2 Å². The normalized spacial score (nSPS) is 10.1. The number of nitrogens with two attached hydrogens (primary N) is 1. The number of benzene rings is 1. The van der Waals surface area contributed by atoms with Crippen LogP contribution in [-0.4, -0.2) is 6.54 Å². The van der Waals surface area contributed by atoms with Crippen molar-refractivity contribution >= 4 is 11.6 Å². The summed E-state index contributed by atoms with van der Waals surface area (Å²) in [6, 6.07) is 6.02. The Kier molecular flexibility index (Phi) is 2.92. The van der Waals surface area contributed by atoms with Gasteiger partial charge in [-0.1, -0.05) is 17.7 Å². The van der Waals surface area contributed by atoms with Crippen molar-refractivity contribution < 1.29 is 0 Å². The first-order valence-corrected chi connectivity index (χ1v) is 4.06. The Morgan fingerprint density at radius 1 is 1.36 bits per heavy atom. The Morgan fingerprint density at radius 2 is 2.09 bits per heavy atom. The van der Waals surface area contributed by atoms with Crippen molar-refractivity contribution in [3.05, 3.63) is 34.3 Å². The Labute approximate surface area is 72.2 Å². The van der Waals surface area contributed by atoms with Crippen LogP contribution in [0.25, 0.3) is 0 Å². The molecule has 1 aromatic rings. The number of aryl methyl sites for hydroxylation is 1. The molecule has 0 spiro atoms. The molecule has 0 amide bonds. The summed E-state index contributed by atoms with van der Waals surface area (Å²) in [4.78, 5) is 0. The molecular weight excluding hydrogens is 158 g/mol. The average Bonchev–Trinajstić information content (AvgIpc) is 1.85. The van der Waals surface area contributed by atoms with Crippen LogP contribution >= 0.6 is 11.6 Å². The second kappa shape index (κ2) is 3.74. The first-order valence-electron chi connectivity index (χ1n) is 3.68. The number of hydrogen-bond acceptors (Lipinski definition) is 1. The summed E-state index contributed by atoms with van der Waals surface area (Å²) in [7, 11) is 0. The summed E-state index contributed by atoms with van der Waals surface area (Å²) in [6.45, 7) is 2.71. The van der Waals surface area contributed by atoms with Crippen LogP contribution in [0.2, 0.25) is 5.02 Å². The predicted molar refractivity (Wildman–Crippen MR) is 48.9 cm³/mol. The maximum absolute atomic E-state index is 5.85. The lowest BCUT2D eigenvalue weighted by Crippen LogP contribution is -2.02. The molecule has 2 N–H and O–H groups in total. The smallest absolute Gasteiger partial charge is 0.0411 e. The highest BCUT2D eigenvalue weighted by Crippen LogP contribution is 2.14. The fourth-order valence-corrected chi connectivity index (χ4v) is 1.44. The fourth-order valence-electron chi connectivity index (χ4n) is 1.12. The Balaban J connectivity index is 2.89. The van der Waals surface area contributed by atoms with Gasteiger partial charge in [0.2, 0.25) is 0 Å². The minimum absolute atomic E-state index is 0.680. The van der Waals surface area contributed by atoms with E-state index in [4.69, 9.17) is 17.3 Å². The molecule has 1 rings (SSSR count). The lowest BCUT2D eigenvalue weighted by atomic mass is 10.1. The van der Waals surface area contributed by atoms with E-state index in [9.17, 15) is 0 Å². The van der Waals surface area contributed by atoms with Crippen LogP contribution in [0, 0.1) is 6.92 Å². The van der Waals surface area contributed by atoms with E-state index in [1.54, 1.807) is 0 Å². The Morgan fingerprint density at radius 3 is 2.64 bits per heavy atom. The third-order valence-corrected chi connectivity index (χ3v) is 1.75. The van der Waals surface area contributed by atoms with E-state index in [0.29, 0.717) is 6.54 Å². The molecule has 1 nitrogen and oxygen atoms in total. The van der Waals surface area contributed by atoms with E-state index in [2.05, 4.69) is 6.07 Å². The number of hydrogen-bond donors (Lipinski definition) is 1. The molecule has 0 bridgehead atoms. The number of rotatable bonds is 2. The molecule has 11 heavy (non-hydrogen) atoms. The van der Waals surface area contributed by atoms with Gasteiger partial charge in [0.15, 0.2) is 0 Å². The van der Waals surface area contributed by atoms with Crippen molar-refractivity contribution in [3.63, 3.8) is 0 Å². The van der Waals surface area contributed by atoms with E-state index >= 15 is 0 Å². The van der Waals surface area contributed by atoms with Crippen LogP contribution in [0.1, 0.15) is 11.1 Å². The summed E-state index contributed by atoms with van der Waals surface area (Å²) in [6.07, 6.45) is 0.904. The number of halogens is 1. The van der Waals surface area contributed by atoms with Gasteiger partial charge in [-0.25, -0.2) is 0 Å². The average molecular weight is 170 g/mol. The summed E-state index contributed by atoms with van der Waals surface area (Å²) in [5, 5.41) is 0.799. The van der Waals surface area contributed by atoms with Crippen LogP contribution in [-0.2, 0) is 6.42 Å². The molecule has 0 atom stereocenters. The lowest BCUT2D eigenvalue weighted by molar-refractivity contribution is 0.967. The second-order valence-corrected chi connectivity index (χ2v) is 3.11. The third-order valence-electron chi connectivity index (χ3n) is 1.53. The summed E-state index contributed by atoms with van der Waals surface area (Å²) >= 11 is 5.85. The van der Waals surface area contributed by atoms with Gasteiger partial charge in [-0.05, 0) is 43.1 Å². The zero-order chi connectivity index (χ0) is 8.27. The third kappa shape index (κ3) is 2.52. The SMILES string of the molecule is Cc1cc(Cl)cc(CCN)c1. The Bertz CT molecular complexity index is 225. The highest BCUT2D eigenvalue weighted by molar-refractivity contribution is 6.30. The molecule has 0 saturated carbocycles. The van der Waals surface area contributed by atoms with E-state index in [1.165, 1.54) is 11.1 Å². The first kappa shape index (κ1) is 8.57. The van der Waals surface area contributed by atoms with Gasteiger partial charge in [-0.15, -0.1) is 0 Å². The predicted octanol–water partition coefficient (Wildman–Crippen LogP) is 2.15. The molecule has 0 fully saturated rings. The summed E-state index contributed by atoms with van der Waals surface area (Å²) in [5.74, 6) is 0. The molecule has 0 aromatic heterocycles. The maximum Gasteiger partial charge on any atom is 0.0411 e. The van der Waals surface area contributed by atoms with Crippen molar-refractivity contribution in [2.45, 2.75) is 13.3 Å². The van der Waals surface area contributed by atoms with Crippen molar-refractivity contribution in [2.24, 2.45) is 5.73 Å². The van der Waals surface area contributed by atoms with E-state index < -0.39 is 0 Å². The minimum atomic E-state index is 0.680. The molecule has 60 valence electrons. The van der Waals surface area contributed by atoms with Crippen LogP contribution in [0.3, 0.4) is 0 Å². The summed E-state index contributed by atoms with van der Waals surface area (Å²) in [5.41, 5.74) is 7.83. The Hall–Kier alpha value is -0.530. The fraction of sp³-hybridized carbons (Fsp3) is 0.333. The van der Waals surface area contributed by atoms with Crippen molar-refractivity contribution in [2.75, 3.05) is 6.54 Å². The highest BCUT2D eigenvalue weighted by Gasteiger charge is 1.94. The molecule has 0 unspecified atom stereocenters. The lowest BCUT2D eigenvalue weighted by Gasteiger charge is -2.00. The van der Waals surface area contributed by atoms with Gasteiger partial charge in [0.05, 0.1) is 0 Å². The van der Waals surface area contributed by atoms with Crippen molar-refractivity contribution in [1.82, 2.24) is 0 Å². The van der Waals surface area contributed by atoms with Crippen molar-refractivity contribution in [1.29, 1.82) is 0 Å². The molecular formula is C9H12ClN. The minimum Gasteiger partial charge on any atom is -0.330 e.